The first kappa shape index (κ1) is 22.3. The van der Waals surface area contributed by atoms with Crippen molar-refractivity contribution < 1.29 is 14.1 Å². The fraction of sp³-hybridized carbons (Fsp3) is 0.280. The van der Waals surface area contributed by atoms with Crippen LogP contribution in [0.2, 0.25) is 0 Å². The summed E-state index contributed by atoms with van der Waals surface area (Å²) in [5.74, 6) is -0.662. The average molecular weight is 447 g/mol. The number of aryl methyl sites for hydroxylation is 1. The van der Waals surface area contributed by atoms with E-state index in [-0.39, 0.29) is 0 Å². The van der Waals surface area contributed by atoms with Crippen LogP contribution in [0, 0.1) is 0 Å². The molecule has 0 aliphatic rings. The lowest BCUT2D eigenvalue weighted by molar-refractivity contribution is 0.0518. The summed E-state index contributed by atoms with van der Waals surface area (Å²) in [5, 5.41) is 7.07. The average Bonchev–Trinajstić information content (AvgIpc) is 3.44. The number of aromatic amines is 1. The third-order valence-corrected chi connectivity index (χ3v) is 5.35. The van der Waals surface area contributed by atoms with E-state index >= 15 is 0 Å². The summed E-state index contributed by atoms with van der Waals surface area (Å²) >= 11 is 0. The SMILES string of the molecule is CCCCc1cc(C(=O)OCC)nn1Cc1ccc(-c2ccccc2-c2nc(=O)o[nH]2)cc1. The summed E-state index contributed by atoms with van der Waals surface area (Å²) < 4.78 is 11.7. The Morgan fingerprint density at radius 1 is 1.09 bits per heavy atom. The fourth-order valence-electron chi connectivity index (χ4n) is 3.70. The lowest BCUT2D eigenvalue weighted by Crippen LogP contribution is -2.09. The maximum absolute atomic E-state index is 12.2. The largest absolute Gasteiger partial charge is 0.461 e. The minimum atomic E-state index is -0.657. The predicted octanol–water partition coefficient (Wildman–Crippen LogP) is 4.46. The first-order valence-electron chi connectivity index (χ1n) is 11.1. The summed E-state index contributed by atoms with van der Waals surface area (Å²) in [6.45, 7) is 4.79. The zero-order valence-electron chi connectivity index (χ0n) is 18.7. The zero-order chi connectivity index (χ0) is 23.2. The van der Waals surface area contributed by atoms with E-state index in [1.165, 1.54) is 0 Å². The maximum atomic E-state index is 12.2. The Morgan fingerprint density at radius 2 is 1.85 bits per heavy atom. The molecule has 8 nitrogen and oxygen atoms in total. The number of esters is 1. The first-order valence-corrected chi connectivity index (χ1v) is 11.1. The van der Waals surface area contributed by atoms with Crippen LogP contribution in [0.1, 0.15) is 48.4 Å². The molecule has 4 aromatic rings. The molecule has 1 N–H and O–H groups in total. The van der Waals surface area contributed by atoms with Crippen LogP contribution < -0.4 is 5.76 Å². The number of ether oxygens (including phenoxy) is 1. The van der Waals surface area contributed by atoms with Crippen LogP contribution in [0.25, 0.3) is 22.5 Å². The molecular weight excluding hydrogens is 420 g/mol. The Bertz CT molecular complexity index is 1280. The number of unbranched alkanes of at least 4 members (excludes halogenated alkanes) is 1. The Hall–Kier alpha value is -3.94. The summed E-state index contributed by atoms with van der Waals surface area (Å²) in [6.07, 6.45) is 2.93. The normalized spacial score (nSPS) is 11.0. The van der Waals surface area contributed by atoms with Crippen molar-refractivity contribution in [3.05, 3.63) is 82.1 Å². The van der Waals surface area contributed by atoms with Gasteiger partial charge in [-0.25, -0.2) is 9.59 Å². The van der Waals surface area contributed by atoms with Crippen LogP contribution in [-0.2, 0) is 17.7 Å². The molecule has 4 rings (SSSR count). The highest BCUT2D eigenvalue weighted by atomic mass is 16.5. The molecular formula is C25H26N4O4. The molecule has 0 unspecified atom stereocenters. The van der Waals surface area contributed by atoms with Gasteiger partial charge in [0.15, 0.2) is 11.5 Å². The molecule has 0 fully saturated rings. The van der Waals surface area contributed by atoms with Crippen molar-refractivity contribution in [2.24, 2.45) is 0 Å². The van der Waals surface area contributed by atoms with E-state index in [0.717, 1.165) is 47.2 Å². The second-order valence-electron chi connectivity index (χ2n) is 7.68. The third-order valence-electron chi connectivity index (χ3n) is 5.35. The second-order valence-corrected chi connectivity index (χ2v) is 7.68. The molecule has 0 amide bonds. The summed E-state index contributed by atoms with van der Waals surface area (Å²) in [4.78, 5) is 27.4. The van der Waals surface area contributed by atoms with Crippen LogP contribution in [0.4, 0.5) is 0 Å². The highest BCUT2D eigenvalue weighted by Crippen LogP contribution is 2.30. The Kier molecular flexibility index (Phi) is 6.83. The van der Waals surface area contributed by atoms with E-state index < -0.39 is 11.7 Å². The van der Waals surface area contributed by atoms with Crippen molar-refractivity contribution in [1.29, 1.82) is 0 Å². The molecule has 2 heterocycles. The van der Waals surface area contributed by atoms with E-state index in [1.54, 1.807) is 6.92 Å². The number of carbonyl (C=O) groups excluding carboxylic acids is 1. The molecule has 0 saturated carbocycles. The van der Waals surface area contributed by atoms with Crippen molar-refractivity contribution in [2.45, 2.75) is 39.7 Å². The first-order chi connectivity index (χ1) is 16.1. The van der Waals surface area contributed by atoms with Crippen LogP contribution in [0.3, 0.4) is 0 Å². The van der Waals surface area contributed by atoms with Crippen LogP contribution in [-0.4, -0.2) is 32.5 Å². The highest BCUT2D eigenvalue weighted by molar-refractivity contribution is 5.87. The van der Waals surface area contributed by atoms with Crippen LogP contribution in [0.5, 0.6) is 0 Å². The van der Waals surface area contributed by atoms with Gasteiger partial charge >= 0.3 is 11.7 Å². The molecule has 170 valence electrons. The molecule has 0 saturated heterocycles. The molecule has 0 aliphatic heterocycles. The lowest BCUT2D eigenvalue weighted by Gasteiger charge is -2.10. The minimum Gasteiger partial charge on any atom is -0.461 e. The Morgan fingerprint density at radius 3 is 2.52 bits per heavy atom. The van der Waals surface area contributed by atoms with Gasteiger partial charge in [-0.15, -0.1) is 0 Å². The summed E-state index contributed by atoms with van der Waals surface area (Å²) in [7, 11) is 0. The van der Waals surface area contributed by atoms with Gasteiger partial charge in [-0.2, -0.15) is 15.2 Å². The summed E-state index contributed by atoms with van der Waals surface area (Å²) in [5.41, 5.74) is 5.11. The number of rotatable bonds is 9. The van der Waals surface area contributed by atoms with Crippen LogP contribution >= 0.6 is 0 Å². The van der Waals surface area contributed by atoms with Gasteiger partial charge in [-0.1, -0.05) is 61.9 Å². The lowest BCUT2D eigenvalue weighted by atomic mass is 9.98. The van der Waals surface area contributed by atoms with E-state index in [9.17, 15) is 9.59 Å². The van der Waals surface area contributed by atoms with Gasteiger partial charge in [-0.05, 0) is 42.5 Å². The number of benzene rings is 2. The van der Waals surface area contributed by atoms with Gasteiger partial charge in [0.1, 0.15) is 0 Å². The van der Waals surface area contributed by atoms with Crippen molar-refractivity contribution in [3.8, 4) is 22.5 Å². The number of hydrogen-bond donors (Lipinski definition) is 1. The Labute approximate surface area is 191 Å². The van der Waals surface area contributed by atoms with E-state index in [1.807, 2.05) is 59.3 Å². The molecule has 0 radical (unpaired) electrons. The molecule has 2 aromatic carbocycles. The van der Waals surface area contributed by atoms with Crippen molar-refractivity contribution in [3.63, 3.8) is 0 Å². The molecule has 33 heavy (non-hydrogen) atoms. The van der Waals surface area contributed by atoms with Gasteiger partial charge in [0, 0.05) is 11.3 Å². The number of carbonyl (C=O) groups is 1. The number of H-pyrrole nitrogens is 1. The summed E-state index contributed by atoms with van der Waals surface area (Å²) in [6, 6.07) is 17.6. The standard InChI is InChI=1S/C25H26N4O4/c1-3-5-8-19-15-22(24(30)32-4-2)27-29(19)16-17-11-13-18(14-12-17)20-9-6-7-10-21(20)23-26-25(31)33-28-23/h6-7,9-15H,3-5,8,16H2,1-2H3,(H,26,28,31). The molecule has 0 spiro atoms. The van der Waals surface area contributed by atoms with Gasteiger partial charge in [-0.3, -0.25) is 4.68 Å². The van der Waals surface area contributed by atoms with Gasteiger partial charge in [0.05, 0.1) is 13.2 Å². The topological polar surface area (TPSA) is 103 Å². The number of hydrogen-bond acceptors (Lipinski definition) is 6. The van der Waals surface area contributed by atoms with E-state index in [2.05, 4.69) is 22.2 Å². The number of aromatic nitrogens is 4. The fourth-order valence-corrected chi connectivity index (χ4v) is 3.70. The quantitative estimate of drug-likeness (QED) is 0.381. The van der Waals surface area contributed by atoms with E-state index in [4.69, 9.17) is 9.26 Å². The maximum Gasteiger partial charge on any atom is 0.460 e. The zero-order valence-corrected chi connectivity index (χ0v) is 18.7. The van der Waals surface area contributed by atoms with Crippen molar-refractivity contribution >= 4 is 5.97 Å². The van der Waals surface area contributed by atoms with Gasteiger partial charge in [0.2, 0.25) is 0 Å². The van der Waals surface area contributed by atoms with Crippen molar-refractivity contribution in [2.75, 3.05) is 6.61 Å². The molecule has 0 aliphatic carbocycles. The third kappa shape index (κ3) is 5.11. The Balaban J connectivity index is 1.59. The molecule has 8 heteroatoms. The van der Waals surface area contributed by atoms with Gasteiger partial charge in [0.25, 0.3) is 0 Å². The van der Waals surface area contributed by atoms with Crippen molar-refractivity contribution in [1.82, 2.24) is 19.9 Å². The number of nitrogens with zero attached hydrogens (tertiary/aromatic N) is 3. The second kappa shape index (κ2) is 10.1. The molecule has 2 aromatic heterocycles. The highest BCUT2D eigenvalue weighted by Gasteiger charge is 2.16. The van der Waals surface area contributed by atoms with E-state index in [0.29, 0.717) is 24.7 Å². The molecule has 0 bridgehead atoms. The monoisotopic (exact) mass is 446 g/mol. The smallest absolute Gasteiger partial charge is 0.460 e. The predicted molar refractivity (Wildman–Crippen MR) is 124 cm³/mol. The van der Waals surface area contributed by atoms with Gasteiger partial charge < -0.3 is 9.26 Å². The minimum absolute atomic E-state index is 0.321. The number of nitrogens with one attached hydrogen (secondary N) is 1. The van der Waals surface area contributed by atoms with Crippen LogP contribution in [0.15, 0.2) is 63.9 Å². The molecule has 0 atom stereocenters.